The predicted molar refractivity (Wildman–Crippen MR) is 32.8 cm³/mol. The molecule has 0 aromatic carbocycles. The van der Waals surface area contributed by atoms with Gasteiger partial charge in [-0.15, -0.1) is 0 Å². The molecule has 1 radical (unpaired) electrons. The van der Waals surface area contributed by atoms with Crippen molar-refractivity contribution in [3.8, 4) is 0 Å². The van der Waals surface area contributed by atoms with E-state index in [1.54, 1.807) is 0 Å². The number of rotatable bonds is 3. The number of nitrogens with one attached hydrogen (secondary N) is 1. The van der Waals surface area contributed by atoms with Crippen molar-refractivity contribution >= 4 is 10.0 Å². The van der Waals surface area contributed by atoms with Gasteiger partial charge in [0, 0.05) is 6.54 Å². The molecule has 4 heteroatoms. The lowest BCUT2D eigenvalue weighted by atomic mass is 10.5. The van der Waals surface area contributed by atoms with E-state index in [1.807, 2.05) is 0 Å². The largest absolute Gasteiger partial charge is 0.215 e. The summed E-state index contributed by atoms with van der Waals surface area (Å²) in [5.41, 5.74) is 0. The van der Waals surface area contributed by atoms with Crippen molar-refractivity contribution in [2.75, 3.05) is 12.8 Å². The molecule has 0 amide bonds. The monoisotopic (exact) mass is 136 g/mol. The molecule has 0 aromatic heterocycles. The molecule has 0 unspecified atom stereocenters. The fourth-order valence-electron chi connectivity index (χ4n) is 0.258. The molecule has 1 N–H and O–H groups in total. The summed E-state index contributed by atoms with van der Waals surface area (Å²) in [6, 6.07) is 0. The van der Waals surface area contributed by atoms with Gasteiger partial charge in [-0.3, -0.25) is 0 Å². The van der Waals surface area contributed by atoms with Gasteiger partial charge in [-0.1, -0.05) is 6.92 Å². The van der Waals surface area contributed by atoms with Gasteiger partial charge < -0.3 is 0 Å². The summed E-state index contributed by atoms with van der Waals surface area (Å²) in [5.74, 6) is 0. The maximum absolute atomic E-state index is 10.3. The first kappa shape index (κ1) is 7.91. The Morgan fingerprint density at radius 3 is 2.25 bits per heavy atom. The lowest BCUT2D eigenvalue weighted by Crippen LogP contribution is -2.22. The zero-order valence-corrected chi connectivity index (χ0v) is 5.66. The molecule has 0 aliphatic rings. The smallest absolute Gasteiger partial charge is 0.208 e. The van der Waals surface area contributed by atoms with E-state index >= 15 is 0 Å². The van der Waals surface area contributed by atoms with Gasteiger partial charge in [0.25, 0.3) is 0 Å². The summed E-state index contributed by atoms with van der Waals surface area (Å²) >= 11 is 0. The number of hydrogen-bond acceptors (Lipinski definition) is 2. The van der Waals surface area contributed by atoms with E-state index in [0.29, 0.717) is 13.0 Å². The topological polar surface area (TPSA) is 46.2 Å². The van der Waals surface area contributed by atoms with Gasteiger partial charge in [0.05, 0.1) is 6.26 Å². The SMILES string of the molecule is [CH2]CCNS(C)(=O)=O. The molecule has 0 fully saturated rings. The van der Waals surface area contributed by atoms with Gasteiger partial charge in [-0.05, 0) is 6.42 Å². The normalized spacial score (nSPS) is 11.8. The summed E-state index contributed by atoms with van der Waals surface area (Å²) in [5, 5.41) is 0. The Bertz CT molecular complexity index is 138. The van der Waals surface area contributed by atoms with Crippen LogP contribution in [-0.2, 0) is 10.0 Å². The van der Waals surface area contributed by atoms with E-state index in [-0.39, 0.29) is 0 Å². The summed E-state index contributed by atoms with van der Waals surface area (Å²) in [4.78, 5) is 0. The van der Waals surface area contributed by atoms with Crippen LogP contribution in [0.2, 0.25) is 0 Å². The van der Waals surface area contributed by atoms with Crippen molar-refractivity contribution in [2.45, 2.75) is 6.42 Å². The van der Waals surface area contributed by atoms with Crippen LogP contribution in [-0.4, -0.2) is 21.2 Å². The average molecular weight is 136 g/mol. The fraction of sp³-hybridized carbons (Fsp3) is 0.750. The Labute approximate surface area is 50.1 Å². The predicted octanol–water partition coefficient (Wildman–Crippen LogP) is -0.240. The molecule has 3 nitrogen and oxygen atoms in total. The molecule has 0 spiro atoms. The van der Waals surface area contributed by atoms with Gasteiger partial charge in [0.2, 0.25) is 10.0 Å². The average Bonchev–Trinajstić information content (AvgIpc) is 1.59. The third-order valence-corrected chi connectivity index (χ3v) is 1.27. The molecular formula is C4H10NO2S. The molecule has 0 aromatic rings. The standard InChI is InChI=1S/C4H10NO2S/c1-3-4-5-8(2,6)7/h5H,1,3-4H2,2H3. The second kappa shape index (κ2) is 3.04. The maximum atomic E-state index is 10.3. The van der Waals surface area contributed by atoms with Gasteiger partial charge in [-0.25, -0.2) is 13.1 Å². The van der Waals surface area contributed by atoms with Crippen molar-refractivity contribution < 1.29 is 8.42 Å². The summed E-state index contributed by atoms with van der Waals surface area (Å²) < 4.78 is 22.8. The number of hydrogen-bond donors (Lipinski definition) is 1. The zero-order chi connectivity index (χ0) is 6.62. The van der Waals surface area contributed by atoms with Crippen LogP contribution in [0.3, 0.4) is 0 Å². The minimum absolute atomic E-state index is 0.429. The lowest BCUT2D eigenvalue weighted by molar-refractivity contribution is 0.588. The molecule has 0 atom stereocenters. The van der Waals surface area contributed by atoms with E-state index in [2.05, 4.69) is 11.6 Å². The van der Waals surface area contributed by atoms with Crippen LogP contribution in [0.25, 0.3) is 0 Å². The third kappa shape index (κ3) is 5.91. The van der Waals surface area contributed by atoms with Crippen molar-refractivity contribution in [1.29, 1.82) is 0 Å². The van der Waals surface area contributed by atoms with Crippen LogP contribution in [0.4, 0.5) is 0 Å². The molecule has 49 valence electrons. The summed E-state index contributed by atoms with van der Waals surface area (Å²) in [6.07, 6.45) is 1.72. The highest BCUT2D eigenvalue weighted by Crippen LogP contribution is 1.74. The molecule has 0 rings (SSSR count). The minimum Gasteiger partial charge on any atom is -0.215 e. The first-order valence-corrected chi connectivity index (χ1v) is 4.19. The lowest BCUT2D eigenvalue weighted by Gasteiger charge is -1.95. The molecular weight excluding hydrogens is 126 g/mol. The van der Waals surface area contributed by atoms with Crippen molar-refractivity contribution in [1.82, 2.24) is 4.72 Å². The third-order valence-electron chi connectivity index (χ3n) is 0.541. The quantitative estimate of drug-likeness (QED) is 0.582. The van der Waals surface area contributed by atoms with Crippen LogP contribution >= 0.6 is 0 Å². The second-order valence-electron chi connectivity index (χ2n) is 1.52. The Morgan fingerprint density at radius 2 is 2.12 bits per heavy atom. The second-order valence-corrected chi connectivity index (χ2v) is 3.35. The Morgan fingerprint density at radius 1 is 1.62 bits per heavy atom. The first-order valence-electron chi connectivity index (χ1n) is 2.30. The summed E-state index contributed by atoms with van der Waals surface area (Å²) in [7, 11) is -2.98. The molecule has 8 heavy (non-hydrogen) atoms. The van der Waals surface area contributed by atoms with Gasteiger partial charge >= 0.3 is 0 Å². The molecule has 0 aliphatic heterocycles. The molecule has 0 heterocycles. The Balaban J connectivity index is 3.42. The minimum atomic E-state index is -2.98. The van der Waals surface area contributed by atoms with Crippen molar-refractivity contribution in [2.24, 2.45) is 0 Å². The maximum Gasteiger partial charge on any atom is 0.208 e. The highest BCUT2D eigenvalue weighted by atomic mass is 32.2. The van der Waals surface area contributed by atoms with Crippen LogP contribution in [0.15, 0.2) is 0 Å². The summed E-state index contributed by atoms with van der Waals surface area (Å²) in [6.45, 7) is 3.89. The van der Waals surface area contributed by atoms with Crippen LogP contribution in [0.1, 0.15) is 6.42 Å². The van der Waals surface area contributed by atoms with Crippen molar-refractivity contribution in [3.63, 3.8) is 0 Å². The molecule has 0 saturated heterocycles. The van der Waals surface area contributed by atoms with E-state index in [9.17, 15) is 8.42 Å². The Hall–Kier alpha value is -0.0900. The molecule has 0 aliphatic carbocycles. The zero-order valence-electron chi connectivity index (χ0n) is 4.85. The van der Waals surface area contributed by atoms with E-state index in [4.69, 9.17) is 0 Å². The van der Waals surface area contributed by atoms with Crippen LogP contribution < -0.4 is 4.72 Å². The molecule has 0 bridgehead atoms. The van der Waals surface area contributed by atoms with Crippen molar-refractivity contribution in [3.05, 3.63) is 6.92 Å². The van der Waals surface area contributed by atoms with Gasteiger partial charge in [-0.2, -0.15) is 0 Å². The van der Waals surface area contributed by atoms with Crippen LogP contribution in [0.5, 0.6) is 0 Å². The van der Waals surface area contributed by atoms with Crippen LogP contribution in [0, 0.1) is 6.92 Å². The van der Waals surface area contributed by atoms with E-state index in [1.165, 1.54) is 0 Å². The number of sulfonamides is 1. The van der Waals surface area contributed by atoms with E-state index < -0.39 is 10.0 Å². The van der Waals surface area contributed by atoms with Gasteiger partial charge in [0.15, 0.2) is 0 Å². The Kier molecular flexibility index (Phi) is 3.01. The van der Waals surface area contributed by atoms with Gasteiger partial charge in [0.1, 0.15) is 0 Å². The highest BCUT2D eigenvalue weighted by Gasteiger charge is 1.94. The van der Waals surface area contributed by atoms with E-state index in [0.717, 1.165) is 6.26 Å². The highest BCUT2D eigenvalue weighted by molar-refractivity contribution is 7.88. The fourth-order valence-corrected chi connectivity index (χ4v) is 0.773. The first-order chi connectivity index (χ1) is 3.56. The molecule has 0 saturated carbocycles.